The molecule has 0 N–H and O–H groups in total. The zero-order valence-electron chi connectivity index (χ0n) is 9.57. The lowest BCUT2D eigenvalue weighted by Crippen LogP contribution is -2.27. The summed E-state index contributed by atoms with van der Waals surface area (Å²) in [7, 11) is 0. The van der Waals surface area contributed by atoms with E-state index in [1.807, 2.05) is 12.1 Å². The maximum Gasteiger partial charge on any atom is 0.103 e. The van der Waals surface area contributed by atoms with Gasteiger partial charge >= 0.3 is 0 Å². The Hall–Kier alpha value is -1.20. The number of hydrogen-bond donors (Lipinski definition) is 0. The number of benzene rings is 1. The predicted molar refractivity (Wildman–Crippen MR) is 66.8 cm³/mol. The Bertz CT molecular complexity index is 436. The van der Waals surface area contributed by atoms with Crippen LogP contribution in [0.4, 0.5) is 5.69 Å². The number of anilines is 1. The molecule has 1 fully saturated rings. The monoisotopic (exact) mass is 234 g/mol. The maximum atomic E-state index is 9.15. The Morgan fingerprint density at radius 3 is 2.75 bits per heavy atom. The van der Waals surface area contributed by atoms with E-state index >= 15 is 0 Å². The number of hydrogen-bond acceptors (Lipinski definition) is 2. The van der Waals surface area contributed by atoms with Crippen LogP contribution in [0.25, 0.3) is 0 Å². The normalized spacial score (nSPS) is 24.5. The van der Waals surface area contributed by atoms with Crippen molar-refractivity contribution in [3.63, 3.8) is 0 Å². The average molecular weight is 235 g/mol. The highest BCUT2D eigenvalue weighted by Crippen LogP contribution is 2.33. The molecule has 1 aromatic rings. The van der Waals surface area contributed by atoms with E-state index < -0.39 is 0 Å². The fourth-order valence-electron chi connectivity index (χ4n) is 2.50. The largest absolute Gasteiger partial charge is 0.367 e. The van der Waals surface area contributed by atoms with Crippen LogP contribution in [0.2, 0.25) is 5.02 Å². The van der Waals surface area contributed by atoms with Crippen LogP contribution in [0.5, 0.6) is 0 Å². The van der Waals surface area contributed by atoms with Gasteiger partial charge in [-0.2, -0.15) is 5.26 Å². The zero-order chi connectivity index (χ0) is 11.7. The molecule has 0 radical (unpaired) electrons. The Morgan fingerprint density at radius 1 is 1.44 bits per heavy atom. The first-order valence-electron chi connectivity index (χ1n) is 5.58. The van der Waals surface area contributed by atoms with Gasteiger partial charge in [-0.3, -0.25) is 0 Å². The molecule has 1 aromatic carbocycles. The van der Waals surface area contributed by atoms with Crippen molar-refractivity contribution in [2.45, 2.75) is 26.3 Å². The van der Waals surface area contributed by atoms with E-state index in [9.17, 15) is 0 Å². The summed E-state index contributed by atoms with van der Waals surface area (Å²) in [6, 6.07) is 8.36. The molecule has 0 amide bonds. The summed E-state index contributed by atoms with van der Waals surface area (Å²) in [5, 5.41) is 9.70. The van der Waals surface area contributed by atoms with E-state index in [-0.39, 0.29) is 0 Å². The molecule has 0 bridgehead atoms. The average Bonchev–Trinajstić information content (AvgIpc) is 2.57. The number of nitrogens with zero attached hydrogens (tertiary/aromatic N) is 2. The van der Waals surface area contributed by atoms with Crippen molar-refractivity contribution in [2.75, 3.05) is 11.4 Å². The van der Waals surface area contributed by atoms with Gasteiger partial charge in [-0.25, -0.2) is 0 Å². The molecule has 1 aliphatic rings. The van der Waals surface area contributed by atoms with E-state index in [0.717, 1.165) is 12.2 Å². The van der Waals surface area contributed by atoms with Crippen LogP contribution in [0, 0.1) is 17.2 Å². The molecule has 2 unspecified atom stereocenters. The van der Waals surface area contributed by atoms with E-state index in [1.54, 1.807) is 6.07 Å². The summed E-state index contributed by atoms with van der Waals surface area (Å²) in [6.45, 7) is 5.45. The first kappa shape index (κ1) is 11.3. The molecule has 0 aromatic heterocycles. The molecule has 16 heavy (non-hydrogen) atoms. The summed E-state index contributed by atoms with van der Waals surface area (Å²) >= 11 is 6.04. The topological polar surface area (TPSA) is 27.0 Å². The lowest BCUT2D eigenvalue weighted by Gasteiger charge is -2.25. The van der Waals surface area contributed by atoms with Gasteiger partial charge in [0.1, 0.15) is 6.07 Å². The van der Waals surface area contributed by atoms with Crippen molar-refractivity contribution in [3.05, 3.63) is 28.8 Å². The van der Waals surface area contributed by atoms with Crippen LogP contribution in [-0.4, -0.2) is 12.6 Å². The second kappa shape index (κ2) is 4.35. The number of nitriles is 1. The molecule has 2 nitrogen and oxygen atoms in total. The minimum atomic E-state index is 0.487. The highest BCUT2D eigenvalue weighted by Gasteiger charge is 2.28. The molecule has 1 aliphatic heterocycles. The fraction of sp³-hybridized carbons (Fsp3) is 0.462. The summed E-state index contributed by atoms with van der Waals surface area (Å²) in [4.78, 5) is 2.29. The van der Waals surface area contributed by atoms with Crippen molar-refractivity contribution >= 4 is 17.3 Å². The Kier molecular flexibility index (Phi) is 3.07. The van der Waals surface area contributed by atoms with Crippen LogP contribution < -0.4 is 4.90 Å². The van der Waals surface area contributed by atoms with Crippen molar-refractivity contribution in [2.24, 2.45) is 5.92 Å². The molecule has 1 saturated heterocycles. The maximum absolute atomic E-state index is 9.15. The molecule has 2 atom stereocenters. The quantitative estimate of drug-likeness (QED) is 0.744. The first-order valence-corrected chi connectivity index (χ1v) is 5.96. The second-order valence-corrected chi connectivity index (χ2v) is 5.00. The fourth-order valence-corrected chi connectivity index (χ4v) is 2.71. The van der Waals surface area contributed by atoms with Crippen molar-refractivity contribution in [3.8, 4) is 6.07 Å². The summed E-state index contributed by atoms with van der Waals surface area (Å²) in [6.07, 6.45) is 1.18. The Balaban J connectivity index is 2.41. The predicted octanol–water partition coefficient (Wildman–Crippen LogP) is 3.45. The van der Waals surface area contributed by atoms with Gasteiger partial charge in [0, 0.05) is 12.6 Å². The van der Waals surface area contributed by atoms with Crippen LogP contribution in [0.15, 0.2) is 18.2 Å². The van der Waals surface area contributed by atoms with Gasteiger partial charge in [0.2, 0.25) is 0 Å². The van der Waals surface area contributed by atoms with Crippen LogP contribution in [0.3, 0.4) is 0 Å². The van der Waals surface area contributed by atoms with Crippen molar-refractivity contribution < 1.29 is 0 Å². The van der Waals surface area contributed by atoms with Gasteiger partial charge < -0.3 is 4.90 Å². The lowest BCUT2D eigenvalue weighted by atomic mass is 10.1. The highest BCUT2D eigenvalue weighted by atomic mass is 35.5. The molecule has 2 rings (SSSR count). The molecule has 0 aliphatic carbocycles. The third-order valence-electron chi connectivity index (χ3n) is 3.20. The van der Waals surface area contributed by atoms with Crippen LogP contribution in [0.1, 0.15) is 25.8 Å². The minimum Gasteiger partial charge on any atom is -0.367 e. The summed E-state index contributed by atoms with van der Waals surface area (Å²) < 4.78 is 0. The molecule has 1 heterocycles. The standard InChI is InChI=1S/C13H15ClN2/c1-9-6-10(2)16(8-9)13-5-3-4-12(14)11(13)7-15/h3-5,9-10H,6,8H2,1-2H3. The van der Waals surface area contributed by atoms with E-state index in [0.29, 0.717) is 22.5 Å². The van der Waals surface area contributed by atoms with Crippen molar-refractivity contribution in [1.82, 2.24) is 0 Å². The lowest BCUT2D eigenvalue weighted by molar-refractivity contribution is 0.625. The summed E-state index contributed by atoms with van der Waals surface area (Å²) in [5.74, 6) is 0.681. The van der Waals surface area contributed by atoms with Gasteiger partial charge in [-0.15, -0.1) is 0 Å². The SMILES string of the molecule is CC1CC(C)N(c2cccc(Cl)c2C#N)C1. The number of halogens is 1. The third-order valence-corrected chi connectivity index (χ3v) is 3.51. The van der Waals surface area contributed by atoms with E-state index in [2.05, 4.69) is 24.8 Å². The Labute approximate surface area is 101 Å². The summed E-state index contributed by atoms with van der Waals surface area (Å²) in [5.41, 5.74) is 1.58. The van der Waals surface area contributed by atoms with Gasteiger partial charge in [0.05, 0.1) is 16.3 Å². The molecular formula is C13H15ClN2. The van der Waals surface area contributed by atoms with Gasteiger partial charge in [0.15, 0.2) is 0 Å². The molecule has 3 heteroatoms. The van der Waals surface area contributed by atoms with Crippen LogP contribution in [-0.2, 0) is 0 Å². The highest BCUT2D eigenvalue weighted by molar-refractivity contribution is 6.32. The van der Waals surface area contributed by atoms with Gasteiger partial charge in [0.25, 0.3) is 0 Å². The first-order chi connectivity index (χ1) is 7.63. The third kappa shape index (κ3) is 1.88. The van der Waals surface area contributed by atoms with Crippen molar-refractivity contribution in [1.29, 1.82) is 5.26 Å². The smallest absolute Gasteiger partial charge is 0.103 e. The van der Waals surface area contributed by atoms with E-state index in [1.165, 1.54) is 6.42 Å². The molecule has 84 valence electrons. The number of rotatable bonds is 1. The minimum absolute atomic E-state index is 0.487. The molecule has 0 saturated carbocycles. The van der Waals surface area contributed by atoms with E-state index in [4.69, 9.17) is 16.9 Å². The van der Waals surface area contributed by atoms with Crippen LogP contribution >= 0.6 is 11.6 Å². The van der Waals surface area contributed by atoms with Gasteiger partial charge in [-0.05, 0) is 31.4 Å². The molecular weight excluding hydrogens is 220 g/mol. The Morgan fingerprint density at radius 2 is 2.19 bits per heavy atom. The van der Waals surface area contributed by atoms with Gasteiger partial charge in [-0.1, -0.05) is 24.6 Å². The molecule has 0 spiro atoms. The second-order valence-electron chi connectivity index (χ2n) is 4.59. The zero-order valence-corrected chi connectivity index (χ0v) is 10.3.